The topological polar surface area (TPSA) is 49.4 Å². The van der Waals surface area contributed by atoms with Gasteiger partial charge in [-0.25, -0.2) is 0 Å². The molecule has 0 aliphatic carbocycles. The maximum atomic E-state index is 11.9. The average Bonchev–Trinajstić information content (AvgIpc) is 2.72. The number of amides is 2. The highest BCUT2D eigenvalue weighted by Gasteiger charge is 2.65. The molecule has 3 rings (SSSR count). The van der Waals surface area contributed by atoms with Crippen molar-refractivity contribution in [2.24, 2.45) is 11.8 Å². The number of rotatable bonds is 0. The molecule has 0 aromatic rings. The van der Waals surface area contributed by atoms with Gasteiger partial charge in [0.2, 0.25) is 11.8 Å². The van der Waals surface area contributed by atoms with Gasteiger partial charge in [-0.15, -0.1) is 0 Å². The van der Waals surface area contributed by atoms with Crippen molar-refractivity contribution in [3.05, 3.63) is 0 Å². The average molecular weight is 194 g/mol. The van der Waals surface area contributed by atoms with Crippen molar-refractivity contribution in [2.75, 3.05) is 7.05 Å². The van der Waals surface area contributed by atoms with Crippen LogP contribution in [0, 0.1) is 11.8 Å². The van der Waals surface area contributed by atoms with Crippen molar-refractivity contribution >= 4 is 11.8 Å². The van der Waals surface area contributed by atoms with E-state index in [1.807, 2.05) is 0 Å². The van der Waals surface area contributed by atoms with Gasteiger partial charge in [0.05, 0.1) is 11.8 Å². The lowest BCUT2D eigenvalue weighted by Crippen LogP contribution is -2.43. The Bertz CT molecular complexity index is 341. The van der Waals surface area contributed by atoms with E-state index in [9.17, 15) is 9.59 Å². The molecule has 0 spiro atoms. The number of nitrogens with one attached hydrogen (secondary N) is 1. The summed E-state index contributed by atoms with van der Waals surface area (Å²) in [5, 5.41) is 3.42. The summed E-state index contributed by atoms with van der Waals surface area (Å²) in [6.07, 6.45) is 2.05. The normalized spacial score (nSPS) is 50.4. The molecule has 0 aromatic heterocycles. The molecule has 2 amide bonds. The molecule has 0 radical (unpaired) electrons. The van der Waals surface area contributed by atoms with Gasteiger partial charge in [-0.3, -0.25) is 14.5 Å². The summed E-state index contributed by atoms with van der Waals surface area (Å²) in [7, 11) is 1.60. The summed E-state index contributed by atoms with van der Waals surface area (Å²) in [6.45, 7) is 2.07. The molecule has 76 valence electrons. The molecule has 3 heterocycles. The lowest BCUT2D eigenvalue weighted by atomic mass is 9.74. The number of hydrogen-bond acceptors (Lipinski definition) is 3. The molecular formula is C10H14N2O2. The number of likely N-dealkylation sites (tertiary alicyclic amines) is 1. The molecule has 3 aliphatic rings. The van der Waals surface area contributed by atoms with Crippen molar-refractivity contribution < 1.29 is 9.59 Å². The number of imide groups is 1. The smallest absolute Gasteiger partial charge is 0.234 e. The van der Waals surface area contributed by atoms with E-state index in [-0.39, 0.29) is 35.2 Å². The second-order valence-corrected chi connectivity index (χ2v) is 4.95. The van der Waals surface area contributed by atoms with Gasteiger partial charge < -0.3 is 5.32 Å². The Labute approximate surface area is 82.6 Å². The van der Waals surface area contributed by atoms with E-state index in [1.165, 1.54) is 4.90 Å². The second-order valence-electron chi connectivity index (χ2n) is 4.95. The Balaban J connectivity index is 2.08. The quantitative estimate of drug-likeness (QED) is 0.541. The standard InChI is InChI=1S/C10H14N2O2/c1-10-4-3-5(11-10)6-7(10)9(14)12(2)8(6)13/h5-7,11H,3-4H2,1-2H3. The third-order valence-corrected chi connectivity index (χ3v) is 4.18. The van der Waals surface area contributed by atoms with Crippen LogP contribution in [-0.4, -0.2) is 35.3 Å². The fourth-order valence-corrected chi connectivity index (χ4v) is 3.45. The number of carbonyl (C=O) groups excluding carboxylic acids is 2. The molecule has 1 N–H and O–H groups in total. The fraction of sp³-hybridized carbons (Fsp3) is 0.800. The van der Waals surface area contributed by atoms with Gasteiger partial charge in [0.25, 0.3) is 0 Å². The Morgan fingerprint density at radius 1 is 1.43 bits per heavy atom. The molecule has 4 atom stereocenters. The van der Waals surface area contributed by atoms with E-state index >= 15 is 0 Å². The van der Waals surface area contributed by atoms with Gasteiger partial charge in [0.15, 0.2) is 0 Å². The Morgan fingerprint density at radius 2 is 2.14 bits per heavy atom. The first-order chi connectivity index (χ1) is 6.54. The number of hydrogen-bond donors (Lipinski definition) is 1. The SMILES string of the molecule is CN1C(=O)C2C3CCC(C)(N3)C2C1=O. The molecular weight excluding hydrogens is 180 g/mol. The molecule has 0 aromatic carbocycles. The third kappa shape index (κ3) is 0.704. The minimum atomic E-state index is -0.118. The van der Waals surface area contributed by atoms with E-state index in [0.717, 1.165) is 12.8 Å². The zero-order valence-electron chi connectivity index (χ0n) is 8.41. The highest BCUT2D eigenvalue weighted by atomic mass is 16.2. The first-order valence-corrected chi connectivity index (χ1v) is 5.14. The van der Waals surface area contributed by atoms with Crippen LogP contribution in [0.15, 0.2) is 0 Å². The lowest BCUT2D eigenvalue weighted by Gasteiger charge is -2.27. The first-order valence-electron chi connectivity index (χ1n) is 5.14. The third-order valence-electron chi connectivity index (χ3n) is 4.18. The monoisotopic (exact) mass is 194 g/mol. The second kappa shape index (κ2) is 2.19. The van der Waals surface area contributed by atoms with Crippen LogP contribution in [0.3, 0.4) is 0 Å². The van der Waals surface area contributed by atoms with Crippen molar-refractivity contribution in [2.45, 2.75) is 31.3 Å². The minimum Gasteiger partial charge on any atom is -0.307 e. The Kier molecular flexibility index (Phi) is 1.31. The van der Waals surface area contributed by atoms with Crippen molar-refractivity contribution in [1.29, 1.82) is 0 Å². The highest BCUT2D eigenvalue weighted by Crippen LogP contribution is 2.50. The van der Waals surface area contributed by atoms with Crippen molar-refractivity contribution in [3.8, 4) is 0 Å². The van der Waals surface area contributed by atoms with Crippen molar-refractivity contribution in [1.82, 2.24) is 10.2 Å². The zero-order valence-corrected chi connectivity index (χ0v) is 8.41. The van der Waals surface area contributed by atoms with Crippen LogP contribution in [0.2, 0.25) is 0 Å². The van der Waals surface area contributed by atoms with Crippen LogP contribution in [-0.2, 0) is 9.59 Å². The van der Waals surface area contributed by atoms with E-state index < -0.39 is 0 Å². The van der Waals surface area contributed by atoms with Crippen molar-refractivity contribution in [3.63, 3.8) is 0 Å². The minimum absolute atomic E-state index is 0.0113. The van der Waals surface area contributed by atoms with Crippen LogP contribution in [0.4, 0.5) is 0 Å². The Morgan fingerprint density at radius 3 is 2.79 bits per heavy atom. The van der Waals surface area contributed by atoms with Gasteiger partial charge in [0.1, 0.15) is 0 Å². The summed E-state index contributed by atoms with van der Waals surface area (Å²) in [6, 6.07) is 0.242. The predicted octanol–water partition coefficient (Wildman–Crippen LogP) is -0.258. The predicted molar refractivity (Wildman–Crippen MR) is 49.3 cm³/mol. The maximum absolute atomic E-state index is 11.9. The van der Waals surface area contributed by atoms with Crippen LogP contribution in [0.5, 0.6) is 0 Å². The van der Waals surface area contributed by atoms with Crippen LogP contribution in [0.1, 0.15) is 19.8 Å². The van der Waals surface area contributed by atoms with Gasteiger partial charge in [-0.05, 0) is 19.8 Å². The number of nitrogens with zero attached hydrogens (tertiary/aromatic N) is 1. The Hall–Kier alpha value is -0.900. The number of carbonyl (C=O) groups is 2. The van der Waals surface area contributed by atoms with E-state index in [0.29, 0.717) is 0 Å². The van der Waals surface area contributed by atoms with Crippen LogP contribution >= 0.6 is 0 Å². The summed E-state index contributed by atoms with van der Waals surface area (Å²) >= 11 is 0. The van der Waals surface area contributed by atoms with Gasteiger partial charge in [-0.2, -0.15) is 0 Å². The van der Waals surface area contributed by atoms with Gasteiger partial charge in [-0.1, -0.05) is 0 Å². The van der Waals surface area contributed by atoms with E-state index in [2.05, 4.69) is 12.2 Å². The molecule has 3 fully saturated rings. The lowest BCUT2D eigenvalue weighted by molar-refractivity contribution is -0.139. The molecule has 4 unspecified atom stereocenters. The largest absolute Gasteiger partial charge is 0.307 e. The maximum Gasteiger partial charge on any atom is 0.234 e. The molecule has 3 saturated heterocycles. The zero-order chi connectivity index (χ0) is 10.1. The molecule has 14 heavy (non-hydrogen) atoms. The summed E-state index contributed by atoms with van der Waals surface area (Å²) in [5.41, 5.74) is -0.118. The molecule has 2 bridgehead atoms. The first kappa shape index (κ1) is 8.41. The van der Waals surface area contributed by atoms with Crippen LogP contribution in [0.25, 0.3) is 0 Å². The fourth-order valence-electron chi connectivity index (χ4n) is 3.45. The summed E-state index contributed by atoms with van der Waals surface area (Å²) < 4.78 is 0. The summed E-state index contributed by atoms with van der Waals surface area (Å²) in [4.78, 5) is 25.0. The van der Waals surface area contributed by atoms with Gasteiger partial charge in [0, 0.05) is 18.6 Å². The molecule has 3 aliphatic heterocycles. The molecule has 4 nitrogen and oxygen atoms in total. The van der Waals surface area contributed by atoms with E-state index in [4.69, 9.17) is 0 Å². The number of fused-ring (bicyclic) bond motifs is 5. The molecule has 0 saturated carbocycles. The van der Waals surface area contributed by atoms with Crippen LogP contribution < -0.4 is 5.32 Å². The van der Waals surface area contributed by atoms with Gasteiger partial charge >= 0.3 is 0 Å². The van der Waals surface area contributed by atoms with E-state index in [1.54, 1.807) is 7.05 Å². The molecule has 4 heteroatoms. The highest BCUT2D eigenvalue weighted by molar-refractivity contribution is 6.06. The summed E-state index contributed by atoms with van der Waals surface area (Å²) in [5.74, 6) is -0.150.